The van der Waals surface area contributed by atoms with E-state index in [1.807, 2.05) is 44.2 Å². The second kappa shape index (κ2) is 14.6. The van der Waals surface area contributed by atoms with E-state index < -0.39 is 28.5 Å². The van der Waals surface area contributed by atoms with E-state index in [-0.39, 0.29) is 45.7 Å². The second-order valence-corrected chi connectivity index (χ2v) is 13.3. The van der Waals surface area contributed by atoms with Crippen LogP contribution in [0.5, 0.6) is 0 Å². The lowest BCUT2D eigenvalue weighted by atomic mass is 10.0. The molecule has 3 aromatic rings. The zero-order chi connectivity index (χ0) is 30.3. The Kier molecular flexibility index (Phi) is 11.8. The number of nitrogens with zero attached hydrogens (tertiary/aromatic N) is 2. The van der Waals surface area contributed by atoms with Gasteiger partial charge < -0.3 is 10.2 Å². The Balaban J connectivity index is 2.10. The summed E-state index contributed by atoms with van der Waals surface area (Å²) >= 11 is 24.7. The van der Waals surface area contributed by atoms with Crippen molar-refractivity contribution in [3.8, 4) is 0 Å². The molecule has 12 heteroatoms. The van der Waals surface area contributed by atoms with Crippen molar-refractivity contribution >= 4 is 73.9 Å². The van der Waals surface area contributed by atoms with Crippen molar-refractivity contribution in [2.75, 3.05) is 17.1 Å². The minimum Gasteiger partial charge on any atom is -0.352 e. The van der Waals surface area contributed by atoms with Crippen molar-refractivity contribution in [1.82, 2.24) is 10.2 Å². The fourth-order valence-electron chi connectivity index (χ4n) is 4.13. The number of carbonyl (C=O) groups excluding carboxylic acids is 2. The fraction of sp³-hybridized carbons (Fsp3) is 0.310. The van der Waals surface area contributed by atoms with E-state index in [1.165, 1.54) is 23.1 Å². The molecule has 0 aliphatic carbocycles. The minimum absolute atomic E-state index is 0.0327. The first-order valence-corrected chi connectivity index (χ1v) is 16.2. The normalized spacial score (nSPS) is 12.9. The Bertz CT molecular complexity index is 1470. The van der Waals surface area contributed by atoms with Crippen LogP contribution >= 0.6 is 46.4 Å². The van der Waals surface area contributed by atoms with Crippen molar-refractivity contribution in [2.45, 2.75) is 45.3 Å². The molecule has 0 aliphatic rings. The van der Waals surface area contributed by atoms with Gasteiger partial charge in [-0.05, 0) is 54.8 Å². The highest BCUT2D eigenvalue weighted by Gasteiger charge is 2.33. The number of hydrogen-bond acceptors (Lipinski definition) is 4. The third-order valence-corrected chi connectivity index (χ3v) is 8.74. The van der Waals surface area contributed by atoms with Crippen LogP contribution in [-0.2, 0) is 32.6 Å². The van der Waals surface area contributed by atoms with Crippen LogP contribution in [0, 0.1) is 0 Å². The highest BCUT2D eigenvalue weighted by Crippen LogP contribution is 2.28. The fourth-order valence-corrected chi connectivity index (χ4v) is 5.80. The third-order valence-electron chi connectivity index (χ3n) is 6.42. The Morgan fingerprint density at radius 1 is 0.878 bits per heavy atom. The number of carbonyl (C=O) groups is 2. The van der Waals surface area contributed by atoms with Gasteiger partial charge in [0.1, 0.15) is 12.6 Å². The largest absolute Gasteiger partial charge is 0.352 e. The van der Waals surface area contributed by atoms with Crippen LogP contribution in [0.15, 0.2) is 66.7 Å². The number of sulfonamides is 1. The van der Waals surface area contributed by atoms with Crippen LogP contribution in [0.2, 0.25) is 20.1 Å². The first kappa shape index (κ1) is 33.0. The molecule has 41 heavy (non-hydrogen) atoms. The molecule has 220 valence electrons. The highest BCUT2D eigenvalue weighted by molar-refractivity contribution is 7.92. The lowest BCUT2D eigenvalue weighted by molar-refractivity contribution is -0.140. The molecule has 7 nitrogen and oxygen atoms in total. The second-order valence-electron chi connectivity index (χ2n) is 9.69. The summed E-state index contributed by atoms with van der Waals surface area (Å²) in [6, 6.07) is 17.3. The van der Waals surface area contributed by atoms with Crippen molar-refractivity contribution in [2.24, 2.45) is 0 Å². The summed E-state index contributed by atoms with van der Waals surface area (Å²) in [5.41, 5.74) is 1.56. The van der Waals surface area contributed by atoms with E-state index in [2.05, 4.69) is 5.32 Å². The Morgan fingerprint density at radius 3 is 2.07 bits per heavy atom. The smallest absolute Gasteiger partial charge is 0.244 e. The van der Waals surface area contributed by atoms with E-state index in [0.29, 0.717) is 17.0 Å². The maximum Gasteiger partial charge on any atom is 0.244 e. The predicted molar refractivity (Wildman–Crippen MR) is 167 cm³/mol. The van der Waals surface area contributed by atoms with Crippen LogP contribution in [0.4, 0.5) is 5.69 Å². The van der Waals surface area contributed by atoms with Crippen LogP contribution in [0.25, 0.3) is 0 Å². The minimum atomic E-state index is -3.96. The molecule has 0 bridgehead atoms. The lowest BCUT2D eigenvalue weighted by Gasteiger charge is -2.34. The molecule has 0 radical (unpaired) electrons. The first-order chi connectivity index (χ1) is 19.3. The molecule has 2 amide bonds. The summed E-state index contributed by atoms with van der Waals surface area (Å²) < 4.78 is 26.7. The molecule has 0 aromatic heterocycles. The zero-order valence-electron chi connectivity index (χ0n) is 22.8. The topological polar surface area (TPSA) is 86.8 Å². The average molecular weight is 659 g/mol. The molecule has 3 rings (SSSR count). The number of halogens is 4. The van der Waals surface area contributed by atoms with Gasteiger partial charge >= 0.3 is 0 Å². The quantitative estimate of drug-likeness (QED) is 0.237. The summed E-state index contributed by atoms with van der Waals surface area (Å²) in [7, 11) is -3.96. The van der Waals surface area contributed by atoms with Crippen LogP contribution in [-0.4, -0.2) is 50.0 Å². The summed E-state index contributed by atoms with van der Waals surface area (Å²) in [5, 5.41) is 4.01. The van der Waals surface area contributed by atoms with Gasteiger partial charge in [0, 0.05) is 29.1 Å². The summed E-state index contributed by atoms with van der Waals surface area (Å²) in [4.78, 5) is 29.2. The van der Waals surface area contributed by atoms with E-state index in [1.54, 1.807) is 18.2 Å². The van der Waals surface area contributed by atoms with Gasteiger partial charge in [0.05, 0.1) is 22.0 Å². The van der Waals surface area contributed by atoms with Crippen LogP contribution < -0.4 is 9.62 Å². The van der Waals surface area contributed by atoms with Crippen molar-refractivity contribution in [3.05, 3.63) is 97.9 Å². The molecule has 0 unspecified atom stereocenters. The van der Waals surface area contributed by atoms with Gasteiger partial charge in [0.2, 0.25) is 21.8 Å². The number of nitrogens with one attached hydrogen (secondary N) is 1. The predicted octanol–water partition coefficient (Wildman–Crippen LogP) is 6.62. The molecular weight excluding hydrogens is 628 g/mol. The van der Waals surface area contributed by atoms with E-state index in [9.17, 15) is 18.0 Å². The molecule has 0 aliphatic heterocycles. The maximum absolute atomic E-state index is 14.1. The van der Waals surface area contributed by atoms with E-state index in [4.69, 9.17) is 46.4 Å². The van der Waals surface area contributed by atoms with E-state index >= 15 is 0 Å². The van der Waals surface area contributed by atoms with Crippen LogP contribution in [0.1, 0.15) is 31.4 Å². The molecule has 0 heterocycles. The van der Waals surface area contributed by atoms with Gasteiger partial charge in [-0.1, -0.05) is 89.7 Å². The molecule has 3 aromatic carbocycles. The van der Waals surface area contributed by atoms with Gasteiger partial charge in [-0.25, -0.2) is 8.42 Å². The van der Waals surface area contributed by atoms with Gasteiger partial charge in [-0.2, -0.15) is 0 Å². The Labute approximate surface area is 261 Å². The number of rotatable bonds is 12. The standard InChI is InChI=1S/C29H31Cl4N3O4S/c1-4-19(2)34-29(38)27(13-20-8-6-5-7-9-20)35(17-21-10-11-25(32)26(33)12-21)28(37)18-36(41(3,39)40)24-15-22(30)14-23(31)16-24/h5-12,14-16,19,27H,4,13,17-18H2,1-3H3,(H,34,38)/t19-,27-/m1/s1. The molecule has 1 N–H and O–H groups in total. The molecule has 0 saturated carbocycles. The lowest BCUT2D eigenvalue weighted by Crippen LogP contribution is -2.54. The summed E-state index contributed by atoms with van der Waals surface area (Å²) in [6.45, 7) is 3.18. The Hall–Kier alpha value is -2.49. The number of benzene rings is 3. The molecule has 0 fully saturated rings. The van der Waals surface area contributed by atoms with Crippen molar-refractivity contribution in [1.29, 1.82) is 0 Å². The summed E-state index contributed by atoms with van der Waals surface area (Å²) in [6.07, 6.45) is 1.86. The number of hydrogen-bond donors (Lipinski definition) is 1. The van der Waals surface area contributed by atoms with Crippen molar-refractivity contribution in [3.63, 3.8) is 0 Å². The Morgan fingerprint density at radius 2 is 1.51 bits per heavy atom. The monoisotopic (exact) mass is 657 g/mol. The van der Waals surface area contributed by atoms with E-state index in [0.717, 1.165) is 16.1 Å². The maximum atomic E-state index is 14.1. The average Bonchev–Trinajstić information content (AvgIpc) is 2.90. The van der Waals surface area contributed by atoms with Crippen molar-refractivity contribution < 1.29 is 18.0 Å². The summed E-state index contributed by atoms with van der Waals surface area (Å²) in [5.74, 6) is -0.980. The first-order valence-electron chi connectivity index (χ1n) is 12.8. The molecular formula is C29H31Cl4N3O4S. The molecule has 0 saturated heterocycles. The van der Waals surface area contributed by atoms with Gasteiger partial charge in [0.25, 0.3) is 0 Å². The molecule has 0 spiro atoms. The number of amides is 2. The number of anilines is 1. The third kappa shape index (κ3) is 9.51. The molecule has 2 atom stereocenters. The van der Waals surface area contributed by atoms with Gasteiger partial charge in [-0.15, -0.1) is 0 Å². The van der Waals surface area contributed by atoms with Gasteiger partial charge in [-0.3, -0.25) is 13.9 Å². The van der Waals surface area contributed by atoms with Crippen LogP contribution in [0.3, 0.4) is 0 Å². The highest BCUT2D eigenvalue weighted by atomic mass is 35.5. The van der Waals surface area contributed by atoms with Gasteiger partial charge in [0.15, 0.2) is 0 Å². The SMILES string of the molecule is CC[C@@H](C)NC(=O)[C@@H](Cc1ccccc1)N(Cc1ccc(Cl)c(Cl)c1)C(=O)CN(c1cc(Cl)cc(Cl)c1)S(C)(=O)=O. The zero-order valence-corrected chi connectivity index (χ0v) is 26.6.